The van der Waals surface area contributed by atoms with E-state index in [2.05, 4.69) is 10.6 Å². The summed E-state index contributed by atoms with van der Waals surface area (Å²) < 4.78 is 47.9. The molecule has 2 atom stereocenters. The molecule has 1 amide bonds. The zero-order valence-electron chi connectivity index (χ0n) is 25.2. The monoisotopic (exact) mass is 597 g/mol. The highest BCUT2D eigenvalue weighted by Gasteiger charge is 2.30. The molecule has 9 nitrogen and oxygen atoms in total. The third kappa shape index (κ3) is 6.50. The van der Waals surface area contributed by atoms with Gasteiger partial charge in [0.1, 0.15) is 34.7 Å². The standard InChI is InChI=1S/C32H37F2N3O6/c1-7-17(2)35-20-15-23(33)28(24(34)16-20)30(38)36-25(32(40)42-6)14-19-10-11-22(29-21(19)9-8-12-43-29)27-26(41-5)13-18(3)37(4)31(27)39/h10-11,13,15-17,25,35H,7-9,12,14H2,1-6H3,(H,36,38)/t17-,25-/m0/s1. The normalized spacial score (nSPS) is 13.8. The lowest BCUT2D eigenvalue weighted by Crippen LogP contribution is -2.43. The zero-order valence-corrected chi connectivity index (χ0v) is 25.2. The molecule has 2 heterocycles. The number of ether oxygens (including phenoxy) is 3. The van der Waals surface area contributed by atoms with E-state index in [0.29, 0.717) is 47.6 Å². The fourth-order valence-corrected chi connectivity index (χ4v) is 5.17. The van der Waals surface area contributed by atoms with Gasteiger partial charge < -0.3 is 29.4 Å². The van der Waals surface area contributed by atoms with Gasteiger partial charge in [-0.2, -0.15) is 0 Å². The fourth-order valence-electron chi connectivity index (χ4n) is 5.17. The average molecular weight is 598 g/mol. The minimum atomic E-state index is -1.26. The number of fused-ring (bicyclic) bond motifs is 1. The number of anilines is 1. The van der Waals surface area contributed by atoms with Crippen LogP contribution in [-0.2, 0) is 29.4 Å². The lowest BCUT2D eigenvalue weighted by atomic mass is 9.90. The summed E-state index contributed by atoms with van der Waals surface area (Å²) in [4.78, 5) is 39.2. The van der Waals surface area contributed by atoms with Crippen LogP contribution < -0.4 is 25.7 Å². The van der Waals surface area contributed by atoms with Gasteiger partial charge in [-0.1, -0.05) is 19.1 Å². The van der Waals surface area contributed by atoms with Crippen LogP contribution in [0.1, 0.15) is 53.9 Å². The van der Waals surface area contributed by atoms with E-state index in [0.717, 1.165) is 29.8 Å². The summed E-state index contributed by atoms with van der Waals surface area (Å²) in [6.07, 6.45) is 1.97. The van der Waals surface area contributed by atoms with Crippen LogP contribution in [0.15, 0.2) is 35.1 Å². The van der Waals surface area contributed by atoms with E-state index in [9.17, 15) is 23.2 Å². The minimum Gasteiger partial charge on any atom is -0.496 e. The first-order chi connectivity index (χ1) is 20.5. The van der Waals surface area contributed by atoms with Crippen LogP contribution >= 0.6 is 0 Å². The SMILES string of the molecule is CC[C@H](C)Nc1cc(F)c(C(=O)N[C@@H](Cc2ccc(-c3c(OC)cc(C)n(C)c3=O)c3c2CCCO3)C(=O)OC)c(F)c1. The Morgan fingerprint density at radius 3 is 2.47 bits per heavy atom. The number of hydrogen-bond acceptors (Lipinski definition) is 7. The maximum Gasteiger partial charge on any atom is 0.328 e. The Balaban J connectivity index is 1.69. The molecule has 11 heteroatoms. The highest BCUT2D eigenvalue weighted by Crippen LogP contribution is 2.41. The summed E-state index contributed by atoms with van der Waals surface area (Å²) in [7, 11) is 4.33. The number of pyridine rings is 1. The molecule has 0 bridgehead atoms. The van der Waals surface area contributed by atoms with Gasteiger partial charge >= 0.3 is 5.97 Å². The van der Waals surface area contributed by atoms with Crippen LogP contribution in [0.5, 0.6) is 11.5 Å². The van der Waals surface area contributed by atoms with Gasteiger partial charge in [-0.15, -0.1) is 0 Å². The number of carbonyl (C=O) groups is 2. The van der Waals surface area contributed by atoms with E-state index < -0.39 is 35.1 Å². The van der Waals surface area contributed by atoms with Gasteiger partial charge in [0, 0.05) is 42.5 Å². The molecule has 0 saturated carbocycles. The van der Waals surface area contributed by atoms with Crippen molar-refractivity contribution in [2.75, 3.05) is 26.1 Å². The molecule has 1 aliphatic heterocycles. The van der Waals surface area contributed by atoms with Crippen molar-refractivity contribution in [2.24, 2.45) is 7.05 Å². The van der Waals surface area contributed by atoms with E-state index in [-0.39, 0.29) is 23.7 Å². The summed E-state index contributed by atoms with van der Waals surface area (Å²) in [6.45, 7) is 6.02. The summed E-state index contributed by atoms with van der Waals surface area (Å²) in [5, 5.41) is 5.43. The number of amides is 1. The molecule has 1 aromatic heterocycles. The number of rotatable bonds is 10. The Labute approximate surface area is 249 Å². The molecule has 2 aromatic carbocycles. The third-order valence-corrected chi connectivity index (χ3v) is 7.81. The number of benzene rings is 2. The van der Waals surface area contributed by atoms with E-state index in [1.165, 1.54) is 18.8 Å². The molecule has 4 rings (SSSR count). The van der Waals surface area contributed by atoms with E-state index in [1.807, 2.05) is 13.8 Å². The Kier molecular flexibility index (Phi) is 9.73. The van der Waals surface area contributed by atoms with Gasteiger partial charge in [0.05, 0.1) is 26.4 Å². The largest absolute Gasteiger partial charge is 0.496 e. The molecule has 1 aliphatic rings. The van der Waals surface area contributed by atoms with E-state index >= 15 is 0 Å². The van der Waals surface area contributed by atoms with Crippen molar-refractivity contribution in [1.82, 2.24) is 9.88 Å². The predicted molar refractivity (Wildman–Crippen MR) is 159 cm³/mol. The van der Waals surface area contributed by atoms with Crippen LogP contribution in [0.4, 0.5) is 14.5 Å². The number of aromatic nitrogens is 1. The van der Waals surface area contributed by atoms with Crippen molar-refractivity contribution in [3.63, 3.8) is 0 Å². The second kappa shape index (κ2) is 13.3. The number of carbonyl (C=O) groups excluding carboxylic acids is 2. The van der Waals surface area contributed by atoms with Gasteiger partial charge in [0.15, 0.2) is 0 Å². The fraction of sp³-hybridized carbons (Fsp3) is 0.406. The van der Waals surface area contributed by atoms with Crippen LogP contribution in [0.3, 0.4) is 0 Å². The van der Waals surface area contributed by atoms with E-state index in [1.54, 1.807) is 32.2 Å². The van der Waals surface area contributed by atoms with Crippen molar-refractivity contribution in [3.8, 4) is 22.6 Å². The molecule has 3 aromatic rings. The number of halogens is 2. The molecule has 0 fully saturated rings. The van der Waals surface area contributed by atoms with Gasteiger partial charge in [0.25, 0.3) is 11.5 Å². The number of nitrogens with zero attached hydrogens (tertiary/aromatic N) is 1. The quantitative estimate of drug-likeness (QED) is 0.327. The van der Waals surface area contributed by atoms with Crippen LogP contribution in [0, 0.1) is 18.6 Å². The lowest BCUT2D eigenvalue weighted by Gasteiger charge is -2.26. The summed E-state index contributed by atoms with van der Waals surface area (Å²) in [5.74, 6) is -3.10. The lowest BCUT2D eigenvalue weighted by molar-refractivity contribution is -0.142. The number of nitrogens with one attached hydrogen (secondary N) is 2. The van der Waals surface area contributed by atoms with Crippen molar-refractivity contribution in [1.29, 1.82) is 0 Å². The topological polar surface area (TPSA) is 108 Å². The second-order valence-electron chi connectivity index (χ2n) is 10.6. The average Bonchev–Trinajstić information content (AvgIpc) is 2.98. The summed E-state index contributed by atoms with van der Waals surface area (Å²) in [6, 6.07) is 6.05. The third-order valence-electron chi connectivity index (χ3n) is 7.81. The first-order valence-electron chi connectivity index (χ1n) is 14.2. The molecular weight excluding hydrogens is 560 g/mol. The van der Waals surface area contributed by atoms with Gasteiger partial charge in [-0.3, -0.25) is 9.59 Å². The molecule has 0 spiro atoms. The van der Waals surface area contributed by atoms with Gasteiger partial charge in [0.2, 0.25) is 0 Å². The van der Waals surface area contributed by atoms with Crippen LogP contribution in [0.25, 0.3) is 11.1 Å². The molecule has 230 valence electrons. The number of methoxy groups -OCH3 is 2. The number of hydrogen-bond donors (Lipinski definition) is 2. The maximum absolute atomic E-state index is 14.9. The highest BCUT2D eigenvalue weighted by molar-refractivity contribution is 5.97. The smallest absolute Gasteiger partial charge is 0.328 e. The molecule has 0 aliphatic carbocycles. The number of aryl methyl sites for hydroxylation is 1. The Morgan fingerprint density at radius 2 is 1.84 bits per heavy atom. The minimum absolute atomic E-state index is 0.0291. The van der Waals surface area contributed by atoms with Crippen LogP contribution in [0.2, 0.25) is 0 Å². The van der Waals surface area contributed by atoms with Crippen molar-refractivity contribution >= 4 is 17.6 Å². The molecule has 0 radical (unpaired) electrons. The Hall–Kier alpha value is -4.41. The predicted octanol–water partition coefficient (Wildman–Crippen LogP) is 4.70. The highest BCUT2D eigenvalue weighted by atomic mass is 19.1. The molecule has 2 N–H and O–H groups in total. The summed E-state index contributed by atoms with van der Waals surface area (Å²) in [5.41, 5.74) is 2.18. The van der Waals surface area contributed by atoms with E-state index in [4.69, 9.17) is 14.2 Å². The molecule has 0 saturated heterocycles. The molecule has 0 unspecified atom stereocenters. The van der Waals surface area contributed by atoms with Crippen LogP contribution in [-0.4, -0.2) is 49.4 Å². The first-order valence-corrected chi connectivity index (χ1v) is 14.2. The molecule has 43 heavy (non-hydrogen) atoms. The van der Waals surface area contributed by atoms with Gasteiger partial charge in [-0.05, 0) is 56.4 Å². The Morgan fingerprint density at radius 1 is 1.14 bits per heavy atom. The zero-order chi connectivity index (χ0) is 31.4. The van der Waals surface area contributed by atoms with Crippen molar-refractivity contribution in [3.05, 3.63) is 74.7 Å². The van der Waals surface area contributed by atoms with Crippen molar-refractivity contribution < 1.29 is 32.6 Å². The molecular formula is C32H37F2N3O6. The van der Waals surface area contributed by atoms with Gasteiger partial charge in [-0.25, -0.2) is 13.6 Å². The number of esters is 1. The summed E-state index contributed by atoms with van der Waals surface area (Å²) >= 11 is 0. The first kappa shape index (κ1) is 31.5. The maximum atomic E-state index is 14.9. The van der Waals surface area contributed by atoms with Crippen molar-refractivity contribution in [2.45, 2.75) is 58.5 Å². The Bertz CT molecular complexity index is 1580. The second-order valence-corrected chi connectivity index (χ2v) is 10.6.